The van der Waals surface area contributed by atoms with Crippen molar-refractivity contribution in [2.24, 2.45) is 17.8 Å². The fourth-order valence-corrected chi connectivity index (χ4v) is 8.15. The number of hydrogen-bond donors (Lipinski definition) is 2. The molecule has 4 aromatic rings. The first-order chi connectivity index (χ1) is 22.0. The molecule has 236 valence electrons. The van der Waals surface area contributed by atoms with Crippen LogP contribution in [-0.4, -0.2) is 0 Å². The number of anilines is 2. The number of para-hydroxylation sites is 2. The lowest BCUT2D eigenvalue weighted by atomic mass is 9.59. The molecule has 0 radical (unpaired) electrons. The van der Waals surface area contributed by atoms with E-state index in [1.54, 1.807) is 0 Å². The fraction of sp³-hybridized carbons (Fsp3) is 0.415. The van der Waals surface area contributed by atoms with Crippen molar-refractivity contribution in [3.05, 3.63) is 108 Å². The summed E-state index contributed by atoms with van der Waals surface area (Å²) in [5.41, 5.74) is 15.7. The van der Waals surface area contributed by atoms with Crippen molar-refractivity contribution < 1.29 is 9.47 Å². The van der Waals surface area contributed by atoms with Gasteiger partial charge in [-0.2, -0.15) is 0 Å². The predicted octanol–water partition coefficient (Wildman–Crippen LogP) is 11.3. The second kappa shape index (κ2) is 14.5. The van der Waals surface area contributed by atoms with Crippen molar-refractivity contribution in [2.45, 2.75) is 89.4 Å². The molecule has 2 saturated carbocycles. The summed E-state index contributed by atoms with van der Waals surface area (Å²) >= 11 is 0. The van der Waals surface area contributed by atoms with Gasteiger partial charge in [0.25, 0.3) is 0 Å². The third kappa shape index (κ3) is 7.32. The molecule has 2 fully saturated rings. The van der Waals surface area contributed by atoms with Gasteiger partial charge < -0.3 is 20.9 Å². The van der Waals surface area contributed by atoms with Crippen molar-refractivity contribution in [3.8, 4) is 23.0 Å². The maximum absolute atomic E-state index is 6.62. The second-order valence-corrected chi connectivity index (χ2v) is 13.5. The first kappa shape index (κ1) is 31.1. The van der Waals surface area contributed by atoms with Gasteiger partial charge in [-0.05, 0) is 117 Å². The Bertz CT molecular complexity index is 1400. The zero-order valence-corrected chi connectivity index (χ0v) is 26.9. The summed E-state index contributed by atoms with van der Waals surface area (Å²) in [7, 11) is 0. The summed E-state index contributed by atoms with van der Waals surface area (Å²) < 4.78 is 13.2. The van der Waals surface area contributed by atoms with Crippen LogP contribution in [0, 0.1) is 17.8 Å². The molecule has 2 aliphatic carbocycles. The number of ether oxygens (including phenoxy) is 2. The zero-order valence-electron chi connectivity index (χ0n) is 26.9. The molecule has 45 heavy (non-hydrogen) atoms. The molecule has 0 atom stereocenters. The summed E-state index contributed by atoms with van der Waals surface area (Å²) in [6, 6.07) is 32.6. The topological polar surface area (TPSA) is 70.5 Å². The first-order valence-corrected chi connectivity index (χ1v) is 17.3. The van der Waals surface area contributed by atoms with Crippen molar-refractivity contribution in [1.29, 1.82) is 0 Å². The Labute approximate surface area is 270 Å². The van der Waals surface area contributed by atoms with Gasteiger partial charge in [0.05, 0.1) is 0 Å². The molecule has 6 rings (SSSR count). The molecule has 0 aromatic heterocycles. The summed E-state index contributed by atoms with van der Waals surface area (Å²) in [6.07, 6.45) is 15.8. The van der Waals surface area contributed by atoms with Gasteiger partial charge in [0.1, 0.15) is 23.0 Å². The highest BCUT2D eigenvalue weighted by atomic mass is 16.5. The standard InChI is InChI=1S/C41H50N2O2/c1-2-3-4-9-30-14-16-31(17-15-30)32-26-28-41(29-27-32,37-10-5-7-12-39(37)44-35-22-18-33(42)19-23-35)38-11-6-8-13-40(38)45-36-24-20-34(43)21-25-36/h5-8,10-13,18-25,30-32H,2-4,9,14-17,26-29,42-43H2,1H3. The van der Waals surface area contributed by atoms with E-state index >= 15 is 0 Å². The number of hydrogen-bond acceptors (Lipinski definition) is 4. The van der Waals surface area contributed by atoms with E-state index in [4.69, 9.17) is 20.9 Å². The van der Waals surface area contributed by atoms with Gasteiger partial charge in [0.15, 0.2) is 0 Å². The smallest absolute Gasteiger partial charge is 0.131 e. The SMILES string of the molecule is CCCCCC1CCC(C2CCC(c3ccccc3Oc3ccc(N)cc3)(c3ccccc3Oc3ccc(N)cc3)CC2)CC1. The van der Waals surface area contributed by atoms with Crippen molar-refractivity contribution in [1.82, 2.24) is 0 Å². The molecule has 0 heterocycles. The molecule has 2 aliphatic rings. The zero-order chi connectivity index (χ0) is 31.1. The van der Waals surface area contributed by atoms with Gasteiger partial charge in [0.2, 0.25) is 0 Å². The molecule has 4 heteroatoms. The van der Waals surface area contributed by atoms with E-state index in [9.17, 15) is 0 Å². The molecule has 0 bridgehead atoms. The van der Waals surface area contributed by atoms with Crippen LogP contribution in [-0.2, 0) is 5.41 Å². The van der Waals surface area contributed by atoms with Crippen LogP contribution in [0.25, 0.3) is 0 Å². The summed E-state index contributed by atoms with van der Waals surface area (Å²) in [6.45, 7) is 2.31. The van der Waals surface area contributed by atoms with Gasteiger partial charge in [-0.15, -0.1) is 0 Å². The summed E-state index contributed by atoms with van der Waals surface area (Å²) in [4.78, 5) is 0. The average Bonchev–Trinajstić information content (AvgIpc) is 3.08. The Morgan fingerprint density at radius 2 is 1.04 bits per heavy atom. The third-order valence-electron chi connectivity index (χ3n) is 10.7. The van der Waals surface area contributed by atoms with Crippen LogP contribution in [0.1, 0.15) is 95.1 Å². The minimum absolute atomic E-state index is 0.233. The Hall–Kier alpha value is -3.92. The minimum Gasteiger partial charge on any atom is -0.457 e. The van der Waals surface area contributed by atoms with Gasteiger partial charge >= 0.3 is 0 Å². The highest BCUT2D eigenvalue weighted by Crippen LogP contribution is 2.54. The first-order valence-electron chi connectivity index (χ1n) is 17.3. The number of rotatable bonds is 11. The minimum atomic E-state index is -0.233. The van der Waals surface area contributed by atoms with E-state index in [0.29, 0.717) is 0 Å². The maximum Gasteiger partial charge on any atom is 0.131 e. The van der Waals surface area contributed by atoms with Crippen molar-refractivity contribution >= 4 is 11.4 Å². The molecule has 0 saturated heterocycles. The van der Waals surface area contributed by atoms with Crippen LogP contribution < -0.4 is 20.9 Å². The lowest BCUT2D eigenvalue weighted by Gasteiger charge is -2.45. The lowest BCUT2D eigenvalue weighted by molar-refractivity contribution is 0.139. The van der Waals surface area contributed by atoms with Crippen LogP contribution in [0.2, 0.25) is 0 Å². The van der Waals surface area contributed by atoms with Gasteiger partial charge in [-0.3, -0.25) is 0 Å². The van der Waals surface area contributed by atoms with Crippen LogP contribution in [0.15, 0.2) is 97.1 Å². The molecule has 4 aromatic carbocycles. The predicted molar refractivity (Wildman–Crippen MR) is 187 cm³/mol. The summed E-state index contributed by atoms with van der Waals surface area (Å²) in [5.74, 6) is 5.97. The molecule has 4 nitrogen and oxygen atoms in total. The fourth-order valence-electron chi connectivity index (χ4n) is 8.15. The normalized spacial score (nSPS) is 20.0. The highest BCUT2D eigenvalue weighted by molar-refractivity contribution is 5.55. The molecular formula is C41H50N2O2. The van der Waals surface area contributed by atoms with Gasteiger partial charge in [0, 0.05) is 27.9 Å². The van der Waals surface area contributed by atoms with E-state index < -0.39 is 0 Å². The molecule has 0 unspecified atom stereocenters. The Balaban J connectivity index is 1.30. The summed E-state index contributed by atoms with van der Waals surface area (Å²) in [5, 5.41) is 0. The number of unbranched alkanes of at least 4 members (excludes halogenated alkanes) is 2. The second-order valence-electron chi connectivity index (χ2n) is 13.5. The van der Waals surface area contributed by atoms with Crippen LogP contribution >= 0.6 is 0 Å². The molecule has 0 amide bonds. The van der Waals surface area contributed by atoms with E-state index in [1.807, 2.05) is 48.5 Å². The Kier molecular flexibility index (Phi) is 9.98. The van der Waals surface area contributed by atoms with Gasteiger partial charge in [-0.25, -0.2) is 0 Å². The van der Waals surface area contributed by atoms with Crippen LogP contribution in [0.4, 0.5) is 11.4 Å². The van der Waals surface area contributed by atoms with E-state index in [0.717, 1.165) is 65.0 Å². The molecule has 0 spiro atoms. The van der Waals surface area contributed by atoms with Crippen LogP contribution in [0.3, 0.4) is 0 Å². The monoisotopic (exact) mass is 602 g/mol. The molecule has 4 N–H and O–H groups in total. The molecule has 0 aliphatic heterocycles. The number of nitrogen functional groups attached to an aromatic ring is 2. The van der Waals surface area contributed by atoms with Crippen molar-refractivity contribution in [2.75, 3.05) is 11.5 Å². The maximum atomic E-state index is 6.62. The highest BCUT2D eigenvalue weighted by Gasteiger charge is 2.44. The Morgan fingerprint density at radius 1 is 0.578 bits per heavy atom. The number of nitrogens with two attached hydrogens (primary N) is 2. The number of benzene rings is 4. The van der Waals surface area contributed by atoms with Crippen LogP contribution in [0.5, 0.6) is 23.0 Å². The van der Waals surface area contributed by atoms with Crippen molar-refractivity contribution in [3.63, 3.8) is 0 Å². The third-order valence-corrected chi connectivity index (χ3v) is 10.7. The largest absolute Gasteiger partial charge is 0.457 e. The molecular weight excluding hydrogens is 552 g/mol. The quantitative estimate of drug-likeness (QED) is 0.132. The van der Waals surface area contributed by atoms with Gasteiger partial charge in [-0.1, -0.05) is 81.8 Å². The van der Waals surface area contributed by atoms with E-state index in [2.05, 4.69) is 55.5 Å². The lowest BCUT2D eigenvalue weighted by Crippen LogP contribution is -2.36. The average molecular weight is 603 g/mol. The Morgan fingerprint density at radius 3 is 1.53 bits per heavy atom. The van der Waals surface area contributed by atoms with E-state index in [-0.39, 0.29) is 5.41 Å². The van der Waals surface area contributed by atoms with E-state index in [1.165, 1.54) is 75.3 Å².